The molecular formula is C42H74N2O5. The van der Waals surface area contributed by atoms with Crippen LogP contribution in [0.5, 0.6) is 0 Å². The highest BCUT2D eigenvalue weighted by atomic mass is 16.7. The Morgan fingerprint density at radius 1 is 0.939 bits per heavy atom. The molecule has 14 atom stereocenters. The van der Waals surface area contributed by atoms with Gasteiger partial charge < -0.3 is 29.0 Å². The normalized spacial score (nSPS) is 48.8. The van der Waals surface area contributed by atoms with Crippen molar-refractivity contribution >= 4 is 0 Å². The summed E-state index contributed by atoms with van der Waals surface area (Å²) in [6, 6.07) is 0.561. The molecule has 7 unspecified atom stereocenters. The summed E-state index contributed by atoms with van der Waals surface area (Å²) in [4.78, 5) is 5.22. The predicted molar refractivity (Wildman–Crippen MR) is 195 cm³/mol. The van der Waals surface area contributed by atoms with E-state index in [0.717, 1.165) is 49.8 Å². The van der Waals surface area contributed by atoms with Crippen molar-refractivity contribution in [1.82, 2.24) is 9.80 Å². The van der Waals surface area contributed by atoms with Gasteiger partial charge in [0, 0.05) is 32.3 Å². The molecule has 5 saturated carbocycles. The second-order valence-corrected chi connectivity index (χ2v) is 19.6. The fourth-order valence-corrected chi connectivity index (χ4v) is 14.8. The third-order valence-electron chi connectivity index (χ3n) is 17.1. The largest absolute Gasteiger partial charge is 0.388 e. The first-order chi connectivity index (χ1) is 22.8. The molecule has 8 fully saturated rings. The van der Waals surface area contributed by atoms with Gasteiger partial charge in [0.2, 0.25) is 0 Å². The monoisotopic (exact) mass is 687 g/mol. The molecule has 3 saturated heterocycles. The van der Waals surface area contributed by atoms with E-state index in [1.54, 1.807) is 0 Å². The number of likely N-dealkylation sites (tertiary alicyclic amines) is 1. The van der Waals surface area contributed by atoms with E-state index in [2.05, 4.69) is 44.4 Å². The fraction of sp³-hybridized carbons (Fsp3) is 1.00. The highest BCUT2D eigenvalue weighted by Crippen LogP contribution is 2.89. The second-order valence-electron chi connectivity index (χ2n) is 19.6. The molecule has 1 N–H and O–H groups in total. The van der Waals surface area contributed by atoms with E-state index in [-0.39, 0.29) is 37.4 Å². The van der Waals surface area contributed by atoms with E-state index in [4.69, 9.17) is 18.9 Å². The number of fused-ring (bicyclic) bond motifs is 4. The quantitative estimate of drug-likeness (QED) is 0.272. The minimum atomic E-state index is -0.898. The molecule has 7 nitrogen and oxygen atoms in total. The molecule has 49 heavy (non-hydrogen) atoms. The molecule has 2 spiro atoms. The van der Waals surface area contributed by atoms with Crippen LogP contribution in [0, 0.1) is 51.2 Å². The van der Waals surface area contributed by atoms with Crippen molar-refractivity contribution in [1.29, 1.82) is 0 Å². The summed E-state index contributed by atoms with van der Waals surface area (Å²) in [6.45, 7) is 25.7. The summed E-state index contributed by atoms with van der Waals surface area (Å²) in [5.41, 5.74) is 0.613. The zero-order chi connectivity index (χ0) is 33.9. The summed E-state index contributed by atoms with van der Waals surface area (Å²) >= 11 is 0. The lowest BCUT2D eigenvalue weighted by Crippen LogP contribution is -2.57. The number of nitrogens with zero attached hydrogens (tertiary/aromatic N) is 2. The van der Waals surface area contributed by atoms with Gasteiger partial charge in [-0.15, -0.1) is 0 Å². The number of hydrogen-bond acceptors (Lipinski definition) is 7. The summed E-state index contributed by atoms with van der Waals surface area (Å²) in [5, 5.41) is 11.0. The molecule has 0 aromatic rings. The Morgan fingerprint density at radius 2 is 1.69 bits per heavy atom. The van der Waals surface area contributed by atoms with Gasteiger partial charge in [0.25, 0.3) is 0 Å². The first-order valence-corrected chi connectivity index (χ1v) is 20.5. The van der Waals surface area contributed by atoms with Crippen molar-refractivity contribution in [3.05, 3.63) is 0 Å². The van der Waals surface area contributed by atoms with Crippen molar-refractivity contribution in [3.63, 3.8) is 0 Å². The van der Waals surface area contributed by atoms with Crippen LogP contribution in [0.4, 0.5) is 0 Å². The lowest BCUT2D eigenvalue weighted by atomic mass is 9.46. The third-order valence-corrected chi connectivity index (χ3v) is 17.1. The molecule has 0 aromatic heterocycles. The molecule has 5 aliphatic carbocycles. The van der Waals surface area contributed by atoms with E-state index in [0.29, 0.717) is 40.9 Å². The van der Waals surface area contributed by atoms with Crippen molar-refractivity contribution in [2.45, 2.75) is 169 Å². The molecule has 0 radical (unpaired) electrons. The molecule has 7 heteroatoms. The highest BCUT2D eigenvalue weighted by molar-refractivity contribution is 5.32. The summed E-state index contributed by atoms with van der Waals surface area (Å²) < 4.78 is 26.5. The van der Waals surface area contributed by atoms with Crippen LogP contribution in [0.3, 0.4) is 0 Å². The first-order valence-electron chi connectivity index (χ1n) is 20.5. The van der Waals surface area contributed by atoms with E-state index >= 15 is 0 Å². The van der Waals surface area contributed by atoms with Crippen LogP contribution in [0.25, 0.3) is 0 Å². The summed E-state index contributed by atoms with van der Waals surface area (Å²) in [5.74, 6) is 3.76. The Bertz CT molecular complexity index is 1190. The van der Waals surface area contributed by atoms with Gasteiger partial charge in [-0.05, 0) is 156 Å². The summed E-state index contributed by atoms with van der Waals surface area (Å²) in [7, 11) is 0. The van der Waals surface area contributed by atoms with E-state index < -0.39 is 5.60 Å². The minimum absolute atomic E-state index is 0. The number of rotatable bonds is 9. The minimum Gasteiger partial charge on any atom is -0.388 e. The third kappa shape index (κ3) is 5.50. The predicted octanol–water partition coefficient (Wildman–Crippen LogP) is 7.39. The van der Waals surface area contributed by atoms with Gasteiger partial charge in [0.1, 0.15) is 6.10 Å². The maximum absolute atomic E-state index is 11.0. The molecule has 3 aliphatic heterocycles. The maximum Gasteiger partial charge on any atom is 0.170 e. The Balaban J connectivity index is 0.00000378. The standard InChI is InChI=1S/C41H70N2O5.CH4/c1-9-45-36(38(6,7)44)31-13-11-29-32(47-31)23-30-28-12-14-33-37(4,5)34(15-16-41(33)27(3)40(28,41)18-17-39(29,30)8)48-35-25-43(21-22-46-35)26(2)24-42-19-10-20-42;/h26-36,44H,9-25H2,1-8H3;1H4/t26-,27+,28?,29?,30?,31?,32?,33+,34+,35?,36+,39-,40+,41?;/m1./s1. The number of ether oxygens (including phenoxy) is 4. The SMILES string of the molecule is C.CCO[C@@H](C1CCC2C(CC3C4CC[C@H]5C(C)(C)[C@@H](OC6CN([C@H](C)CN7CCC7)CCO6)CCC56[C@@H](C)[C@@]46CC[C@]23C)O1)C(C)(C)O. The van der Waals surface area contributed by atoms with Crippen LogP contribution >= 0.6 is 0 Å². The Labute approximate surface area is 299 Å². The van der Waals surface area contributed by atoms with Gasteiger partial charge in [-0.3, -0.25) is 4.90 Å². The Hall–Kier alpha value is -0.280. The Morgan fingerprint density at radius 3 is 2.39 bits per heavy atom. The molecule has 0 bridgehead atoms. The number of morpholine rings is 1. The molecule has 8 aliphatic rings. The van der Waals surface area contributed by atoms with Crippen LogP contribution in [0.2, 0.25) is 0 Å². The van der Waals surface area contributed by atoms with Gasteiger partial charge in [0.05, 0.1) is 30.5 Å². The first kappa shape index (κ1) is 37.1. The molecule has 8 rings (SSSR count). The van der Waals surface area contributed by atoms with E-state index in [1.165, 1.54) is 77.4 Å². The van der Waals surface area contributed by atoms with E-state index in [9.17, 15) is 5.11 Å². The van der Waals surface area contributed by atoms with Crippen LogP contribution in [0.15, 0.2) is 0 Å². The average Bonchev–Trinajstić information content (AvgIpc) is 3.40. The van der Waals surface area contributed by atoms with Crippen molar-refractivity contribution < 1.29 is 24.1 Å². The van der Waals surface area contributed by atoms with Crippen molar-refractivity contribution in [3.8, 4) is 0 Å². The van der Waals surface area contributed by atoms with Gasteiger partial charge >= 0.3 is 0 Å². The molecule has 0 aromatic carbocycles. The second kappa shape index (κ2) is 12.9. The fourth-order valence-electron chi connectivity index (χ4n) is 14.8. The highest BCUT2D eigenvalue weighted by Gasteiger charge is 2.84. The van der Waals surface area contributed by atoms with Crippen LogP contribution in [-0.2, 0) is 18.9 Å². The zero-order valence-corrected chi connectivity index (χ0v) is 31.8. The Kier molecular flexibility index (Phi) is 9.78. The zero-order valence-electron chi connectivity index (χ0n) is 31.8. The van der Waals surface area contributed by atoms with Crippen molar-refractivity contribution in [2.75, 3.05) is 45.9 Å². The van der Waals surface area contributed by atoms with Crippen LogP contribution < -0.4 is 0 Å². The lowest BCUT2D eigenvalue weighted by molar-refractivity contribution is -0.248. The average molecular weight is 687 g/mol. The smallest absolute Gasteiger partial charge is 0.170 e. The molecule has 282 valence electrons. The van der Waals surface area contributed by atoms with Gasteiger partial charge in [-0.1, -0.05) is 35.1 Å². The van der Waals surface area contributed by atoms with Gasteiger partial charge in [-0.25, -0.2) is 0 Å². The maximum atomic E-state index is 11.0. The van der Waals surface area contributed by atoms with Crippen molar-refractivity contribution in [2.24, 2.45) is 51.2 Å². The van der Waals surface area contributed by atoms with Crippen LogP contribution in [0.1, 0.15) is 127 Å². The molecule has 3 heterocycles. The molecule has 0 amide bonds. The number of hydrogen-bond donors (Lipinski definition) is 1. The van der Waals surface area contributed by atoms with Crippen LogP contribution in [-0.4, -0.2) is 103 Å². The van der Waals surface area contributed by atoms with E-state index in [1.807, 2.05) is 20.8 Å². The topological polar surface area (TPSA) is 63.6 Å². The molecular weight excluding hydrogens is 612 g/mol. The summed E-state index contributed by atoms with van der Waals surface area (Å²) in [6.07, 6.45) is 13.0. The number of aliphatic hydroxyl groups is 1. The van der Waals surface area contributed by atoms with Gasteiger partial charge in [0.15, 0.2) is 6.29 Å². The lowest BCUT2D eigenvalue weighted by Gasteiger charge is -2.60. The van der Waals surface area contributed by atoms with Gasteiger partial charge in [-0.2, -0.15) is 0 Å².